The highest BCUT2D eigenvalue weighted by Crippen LogP contribution is 2.37. The van der Waals surface area contributed by atoms with Crippen molar-refractivity contribution < 1.29 is 14.2 Å². The Morgan fingerprint density at radius 1 is 0.929 bits per heavy atom. The molecule has 0 aromatic heterocycles. The van der Waals surface area contributed by atoms with E-state index in [4.69, 9.17) is 14.2 Å². The number of methoxy groups -OCH3 is 2. The van der Waals surface area contributed by atoms with Crippen molar-refractivity contribution in [3.63, 3.8) is 0 Å². The molecule has 1 aliphatic rings. The molecular formula is C24H25NO3. The summed E-state index contributed by atoms with van der Waals surface area (Å²) in [5, 5.41) is 3.72. The third kappa shape index (κ3) is 3.69. The molecule has 4 nitrogen and oxygen atoms in total. The molecule has 3 aromatic rings. The number of benzene rings is 3. The van der Waals surface area contributed by atoms with Crippen molar-refractivity contribution >= 4 is 0 Å². The molecule has 28 heavy (non-hydrogen) atoms. The van der Waals surface area contributed by atoms with E-state index in [0.717, 1.165) is 47.9 Å². The van der Waals surface area contributed by atoms with Crippen molar-refractivity contribution in [2.75, 3.05) is 20.8 Å². The molecule has 0 saturated carbocycles. The smallest absolute Gasteiger partial charge is 0.161 e. The van der Waals surface area contributed by atoms with Gasteiger partial charge in [0.25, 0.3) is 0 Å². The first-order chi connectivity index (χ1) is 13.8. The molecule has 0 aliphatic carbocycles. The van der Waals surface area contributed by atoms with Crippen molar-refractivity contribution in [2.24, 2.45) is 0 Å². The topological polar surface area (TPSA) is 39.7 Å². The molecule has 0 radical (unpaired) electrons. The lowest BCUT2D eigenvalue weighted by Crippen LogP contribution is -2.27. The molecule has 3 aromatic carbocycles. The predicted molar refractivity (Wildman–Crippen MR) is 111 cm³/mol. The van der Waals surface area contributed by atoms with Crippen molar-refractivity contribution in [3.05, 3.63) is 77.9 Å². The second-order valence-electron chi connectivity index (χ2n) is 6.84. The minimum absolute atomic E-state index is 0.265. The third-order valence-electron chi connectivity index (χ3n) is 5.19. The molecule has 1 unspecified atom stereocenters. The first-order valence-corrected chi connectivity index (χ1v) is 9.55. The number of fused-ring (bicyclic) bond motifs is 1. The van der Waals surface area contributed by atoms with Crippen LogP contribution in [0.2, 0.25) is 0 Å². The van der Waals surface area contributed by atoms with Crippen LogP contribution in [0.1, 0.15) is 23.6 Å². The minimum atomic E-state index is 0.265. The SMILES string of the molecule is COc1cc(CNC2CCOc3ccccc32)c(-c2ccccc2)cc1OC. The van der Waals surface area contributed by atoms with Crippen LogP contribution in [0.15, 0.2) is 66.7 Å². The average Bonchev–Trinajstić information content (AvgIpc) is 2.77. The minimum Gasteiger partial charge on any atom is -0.493 e. The van der Waals surface area contributed by atoms with Gasteiger partial charge in [-0.2, -0.15) is 0 Å². The van der Waals surface area contributed by atoms with Gasteiger partial charge in [-0.15, -0.1) is 0 Å². The zero-order valence-corrected chi connectivity index (χ0v) is 16.3. The van der Waals surface area contributed by atoms with E-state index in [0.29, 0.717) is 0 Å². The Hall–Kier alpha value is -2.98. The van der Waals surface area contributed by atoms with Crippen LogP contribution >= 0.6 is 0 Å². The largest absolute Gasteiger partial charge is 0.493 e. The molecular weight excluding hydrogens is 350 g/mol. The quantitative estimate of drug-likeness (QED) is 0.659. The van der Waals surface area contributed by atoms with E-state index in [-0.39, 0.29) is 6.04 Å². The summed E-state index contributed by atoms with van der Waals surface area (Å²) >= 11 is 0. The van der Waals surface area contributed by atoms with Gasteiger partial charge < -0.3 is 19.5 Å². The van der Waals surface area contributed by atoms with Gasteiger partial charge >= 0.3 is 0 Å². The zero-order chi connectivity index (χ0) is 19.3. The highest BCUT2D eigenvalue weighted by molar-refractivity contribution is 5.71. The molecule has 1 atom stereocenters. The predicted octanol–water partition coefficient (Wildman–Crippen LogP) is 4.98. The second kappa shape index (κ2) is 8.36. The van der Waals surface area contributed by atoms with E-state index in [9.17, 15) is 0 Å². The van der Waals surface area contributed by atoms with Crippen LogP contribution < -0.4 is 19.5 Å². The number of hydrogen-bond acceptors (Lipinski definition) is 4. The van der Waals surface area contributed by atoms with Gasteiger partial charge in [0.05, 0.1) is 20.8 Å². The lowest BCUT2D eigenvalue weighted by Gasteiger charge is -2.27. The maximum Gasteiger partial charge on any atom is 0.161 e. The van der Waals surface area contributed by atoms with Gasteiger partial charge in [0.15, 0.2) is 11.5 Å². The summed E-state index contributed by atoms with van der Waals surface area (Å²) in [7, 11) is 3.34. The van der Waals surface area contributed by atoms with Crippen molar-refractivity contribution in [1.29, 1.82) is 0 Å². The van der Waals surface area contributed by atoms with Gasteiger partial charge in [-0.05, 0) is 34.9 Å². The Bertz CT molecular complexity index is 940. The summed E-state index contributed by atoms with van der Waals surface area (Å²) in [5.41, 5.74) is 4.70. The second-order valence-corrected chi connectivity index (χ2v) is 6.84. The Labute approximate surface area is 166 Å². The lowest BCUT2D eigenvalue weighted by atomic mass is 9.97. The standard InChI is InChI=1S/C24H25NO3/c1-26-23-14-18(20(15-24(23)27-2)17-8-4-3-5-9-17)16-25-21-12-13-28-22-11-7-6-10-19(21)22/h3-11,14-15,21,25H,12-13,16H2,1-2H3. The summed E-state index contributed by atoms with van der Waals surface area (Å²) in [6.45, 7) is 1.45. The Morgan fingerprint density at radius 3 is 2.43 bits per heavy atom. The van der Waals surface area contributed by atoms with Crippen LogP contribution in [0.3, 0.4) is 0 Å². The van der Waals surface area contributed by atoms with E-state index in [1.165, 1.54) is 11.1 Å². The van der Waals surface area contributed by atoms with Gasteiger partial charge in [0, 0.05) is 24.6 Å². The molecule has 0 saturated heterocycles. The first-order valence-electron chi connectivity index (χ1n) is 9.55. The average molecular weight is 375 g/mol. The van der Waals surface area contributed by atoms with Crippen LogP contribution in [0.4, 0.5) is 0 Å². The number of rotatable bonds is 6. The lowest BCUT2D eigenvalue weighted by molar-refractivity contribution is 0.252. The summed E-state index contributed by atoms with van der Waals surface area (Å²) in [4.78, 5) is 0. The normalized spacial score (nSPS) is 15.4. The third-order valence-corrected chi connectivity index (χ3v) is 5.19. The highest BCUT2D eigenvalue weighted by Gasteiger charge is 2.21. The van der Waals surface area contributed by atoms with Crippen molar-refractivity contribution in [3.8, 4) is 28.4 Å². The number of hydrogen-bond donors (Lipinski definition) is 1. The van der Waals surface area contributed by atoms with Gasteiger partial charge in [-0.25, -0.2) is 0 Å². The van der Waals surface area contributed by atoms with Crippen molar-refractivity contribution in [2.45, 2.75) is 19.0 Å². The van der Waals surface area contributed by atoms with Crippen LogP contribution in [0, 0.1) is 0 Å². The number of nitrogens with one attached hydrogen (secondary N) is 1. The molecule has 0 spiro atoms. The van der Waals surface area contributed by atoms with E-state index in [1.54, 1.807) is 14.2 Å². The van der Waals surface area contributed by atoms with Crippen LogP contribution in [-0.4, -0.2) is 20.8 Å². The molecule has 0 fully saturated rings. The molecule has 144 valence electrons. The molecule has 1 heterocycles. The fourth-order valence-corrected chi connectivity index (χ4v) is 3.74. The van der Waals surface area contributed by atoms with Crippen molar-refractivity contribution in [1.82, 2.24) is 5.32 Å². The molecule has 4 rings (SSSR count). The Kier molecular flexibility index (Phi) is 5.49. The monoisotopic (exact) mass is 375 g/mol. The van der Waals surface area contributed by atoms with E-state index >= 15 is 0 Å². The molecule has 1 N–H and O–H groups in total. The zero-order valence-electron chi connectivity index (χ0n) is 16.3. The molecule has 0 bridgehead atoms. The summed E-state index contributed by atoms with van der Waals surface area (Å²) in [6, 6.07) is 23.0. The molecule has 4 heteroatoms. The first kappa shape index (κ1) is 18.4. The maximum absolute atomic E-state index is 5.79. The van der Waals surface area contributed by atoms with E-state index in [2.05, 4.69) is 53.8 Å². The fourth-order valence-electron chi connectivity index (χ4n) is 3.74. The highest BCUT2D eigenvalue weighted by atomic mass is 16.5. The summed E-state index contributed by atoms with van der Waals surface area (Å²) in [5.74, 6) is 2.45. The van der Waals surface area contributed by atoms with E-state index in [1.807, 2.05) is 18.2 Å². The van der Waals surface area contributed by atoms with Gasteiger partial charge in [0.2, 0.25) is 0 Å². The summed E-state index contributed by atoms with van der Waals surface area (Å²) < 4.78 is 16.9. The van der Waals surface area contributed by atoms with E-state index < -0.39 is 0 Å². The van der Waals surface area contributed by atoms with Gasteiger partial charge in [-0.1, -0.05) is 48.5 Å². The van der Waals surface area contributed by atoms with Crippen LogP contribution in [-0.2, 0) is 6.54 Å². The Morgan fingerprint density at radius 2 is 1.64 bits per heavy atom. The maximum atomic E-state index is 5.79. The summed E-state index contributed by atoms with van der Waals surface area (Å²) in [6.07, 6.45) is 0.949. The fraction of sp³-hybridized carbons (Fsp3) is 0.250. The van der Waals surface area contributed by atoms with Crippen LogP contribution in [0.5, 0.6) is 17.2 Å². The van der Waals surface area contributed by atoms with Gasteiger partial charge in [-0.3, -0.25) is 0 Å². The Balaban J connectivity index is 1.66. The molecule has 0 amide bonds. The van der Waals surface area contributed by atoms with Crippen LogP contribution in [0.25, 0.3) is 11.1 Å². The number of para-hydroxylation sites is 1. The molecule has 1 aliphatic heterocycles. The van der Waals surface area contributed by atoms with Gasteiger partial charge in [0.1, 0.15) is 5.75 Å². The number of ether oxygens (including phenoxy) is 3.